The highest BCUT2D eigenvalue weighted by Crippen LogP contribution is 2.30. The average Bonchev–Trinajstić information content (AvgIpc) is 2.53. The van der Waals surface area contributed by atoms with E-state index in [4.69, 9.17) is 22.1 Å². The standard InChI is InChI=1S/C18H20ClNO/c19-17-8-4-3-7-16(17)18(12-20)21-15-10-9-13-5-1-2-6-14(13)11-15/h3-4,7-11,18H,1-2,5-6,12,20H2. The van der Waals surface area contributed by atoms with Crippen LogP contribution in [0.3, 0.4) is 0 Å². The maximum Gasteiger partial charge on any atom is 0.137 e. The molecule has 1 atom stereocenters. The fourth-order valence-corrected chi connectivity index (χ4v) is 3.18. The molecule has 0 amide bonds. The first-order valence-electron chi connectivity index (χ1n) is 7.51. The zero-order chi connectivity index (χ0) is 14.7. The smallest absolute Gasteiger partial charge is 0.137 e. The van der Waals surface area contributed by atoms with Gasteiger partial charge in [-0.2, -0.15) is 0 Å². The quantitative estimate of drug-likeness (QED) is 0.914. The van der Waals surface area contributed by atoms with Crippen LogP contribution in [0.2, 0.25) is 5.02 Å². The topological polar surface area (TPSA) is 35.2 Å². The van der Waals surface area contributed by atoms with Crippen LogP contribution in [0.25, 0.3) is 0 Å². The molecule has 1 unspecified atom stereocenters. The minimum Gasteiger partial charge on any atom is -0.484 e. The van der Waals surface area contributed by atoms with Gasteiger partial charge in [0.25, 0.3) is 0 Å². The Kier molecular flexibility index (Phi) is 4.47. The van der Waals surface area contributed by atoms with Crippen molar-refractivity contribution in [3.05, 3.63) is 64.2 Å². The van der Waals surface area contributed by atoms with Crippen LogP contribution in [-0.2, 0) is 12.8 Å². The Bertz CT molecular complexity index is 626. The molecule has 2 aromatic carbocycles. The van der Waals surface area contributed by atoms with Gasteiger partial charge in [-0.05, 0) is 55.0 Å². The van der Waals surface area contributed by atoms with Gasteiger partial charge in [-0.25, -0.2) is 0 Å². The van der Waals surface area contributed by atoms with Crippen molar-refractivity contribution in [3.63, 3.8) is 0 Å². The lowest BCUT2D eigenvalue weighted by Crippen LogP contribution is -2.19. The Balaban J connectivity index is 1.83. The molecule has 1 aliphatic rings. The molecule has 0 fully saturated rings. The molecule has 2 N–H and O–H groups in total. The largest absolute Gasteiger partial charge is 0.484 e. The van der Waals surface area contributed by atoms with Crippen molar-refractivity contribution in [2.24, 2.45) is 5.73 Å². The predicted molar refractivity (Wildman–Crippen MR) is 87.0 cm³/mol. The molecule has 110 valence electrons. The van der Waals surface area contributed by atoms with Crippen LogP contribution in [0, 0.1) is 0 Å². The maximum absolute atomic E-state index is 6.24. The van der Waals surface area contributed by atoms with E-state index < -0.39 is 0 Å². The summed E-state index contributed by atoms with van der Waals surface area (Å²) in [6.07, 6.45) is 4.67. The summed E-state index contributed by atoms with van der Waals surface area (Å²) in [4.78, 5) is 0. The Labute approximate surface area is 130 Å². The van der Waals surface area contributed by atoms with Gasteiger partial charge in [-0.3, -0.25) is 0 Å². The summed E-state index contributed by atoms with van der Waals surface area (Å²) in [7, 11) is 0. The lowest BCUT2D eigenvalue weighted by Gasteiger charge is -2.21. The zero-order valence-electron chi connectivity index (χ0n) is 12.0. The second-order valence-corrected chi connectivity index (χ2v) is 5.91. The third kappa shape index (κ3) is 3.22. The summed E-state index contributed by atoms with van der Waals surface area (Å²) in [5.74, 6) is 0.881. The van der Waals surface area contributed by atoms with E-state index in [1.165, 1.54) is 30.4 Å². The van der Waals surface area contributed by atoms with Crippen molar-refractivity contribution in [2.75, 3.05) is 6.54 Å². The van der Waals surface area contributed by atoms with Gasteiger partial charge < -0.3 is 10.5 Å². The number of nitrogens with two attached hydrogens (primary N) is 1. The molecule has 0 saturated heterocycles. The summed E-state index contributed by atoms with van der Waals surface area (Å²) in [5, 5.41) is 0.700. The zero-order valence-corrected chi connectivity index (χ0v) is 12.8. The van der Waals surface area contributed by atoms with Gasteiger partial charge in [0.15, 0.2) is 0 Å². The van der Waals surface area contributed by atoms with E-state index in [-0.39, 0.29) is 6.10 Å². The number of halogens is 1. The minimum atomic E-state index is -0.208. The number of benzene rings is 2. The van der Waals surface area contributed by atoms with Gasteiger partial charge in [-0.15, -0.1) is 0 Å². The molecule has 0 bridgehead atoms. The third-order valence-electron chi connectivity index (χ3n) is 4.06. The molecule has 2 aromatic rings. The van der Waals surface area contributed by atoms with E-state index >= 15 is 0 Å². The SMILES string of the molecule is NCC(Oc1ccc2c(c1)CCCC2)c1ccccc1Cl. The Morgan fingerprint density at radius 1 is 1.05 bits per heavy atom. The first kappa shape index (κ1) is 14.4. The highest BCUT2D eigenvalue weighted by Gasteiger charge is 2.16. The first-order chi connectivity index (χ1) is 10.3. The lowest BCUT2D eigenvalue weighted by molar-refractivity contribution is 0.214. The number of rotatable bonds is 4. The van der Waals surface area contributed by atoms with Crippen molar-refractivity contribution in [2.45, 2.75) is 31.8 Å². The van der Waals surface area contributed by atoms with Gasteiger partial charge >= 0.3 is 0 Å². The van der Waals surface area contributed by atoms with Crippen LogP contribution in [0.4, 0.5) is 0 Å². The lowest BCUT2D eigenvalue weighted by atomic mass is 9.92. The summed E-state index contributed by atoms with van der Waals surface area (Å²) in [6, 6.07) is 14.1. The second-order valence-electron chi connectivity index (χ2n) is 5.50. The average molecular weight is 302 g/mol. The number of fused-ring (bicyclic) bond motifs is 1. The van der Waals surface area contributed by atoms with Crippen LogP contribution in [-0.4, -0.2) is 6.54 Å². The molecular formula is C18H20ClNO. The molecule has 3 rings (SSSR count). The van der Waals surface area contributed by atoms with E-state index in [2.05, 4.69) is 12.1 Å². The summed E-state index contributed by atoms with van der Waals surface area (Å²) < 4.78 is 6.09. The van der Waals surface area contributed by atoms with Gasteiger partial charge in [-0.1, -0.05) is 35.9 Å². The van der Waals surface area contributed by atoms with Gasteiger partial charge in [0.05, 0.1) is 0 Å². The van der Waals surface area contributed by atoms with Crippen LogP contribution < -0.4 is 10.5 Å². The molecule has 0 heterocycles. The van der Waals surface area contributed by atoms with Crippen LogP contribution >= 0.6 is 11.6 Å². The van der Waals surface area contributed by atoms with Gasteiger partial charge in [0, 0.05) is 17.1 Å². The van der Waals surface area contributed by atoms with Crippen molar-refractivity contribution < 1.29 is 4.74 Å². The highest BCUT2D eigenvalue weighted by molar-refractivity contribution is 6.31. The Morgan fingerprint density at radius 3 is 2.57 bits per heavy atom. The fourth-order valence-electron chi connectivity index (χ4n) is 2.92. The minimum absolute atomic E-state index is 0.208. The number of ether oxygens (including phenoxy) is 1. The van der Waals surface area contributed by atoms with Crippen molar-refractivity contribution in [1.82, 2.24) is 0 Å². The third-order valence-corrected chi connectivity index (χ3v) is 4.41. The number of aryl methyl sites for hydroxylation is 2. The van der Waals surface area contributed by atoms with Crippen molar-refractivity contribution in [3.8, 4) is 5.75 Å². The Morgan fingerprint density at radius 2 is 1.81 bits per heavy atom. The molecule has 2 nitrogen and oxygen atoms in total. The molecule has 3 heteroatoms. The molecule has 0 aliphatic heterocycles. The normalized spacial score (nSPS) is 15.3. The number of hydrogen-bond donors (Lipinski definition) is 1. The maximum atomic E-state index is 6.24. The van der Waals surface area contributed by atoms with Crippen molar-refractivity contribution >= 4 is 11.6 Å². The van der Waals surface area contributed by atoms with Crippen LogP contribution in [0.1, 0.15) is 35.6 Å². The summed E-state index contributed by atoms with van der Waals surface area (Å²) in [6.45, 7) is 0.404. The van der Waals surface area contributed by atoms with Gasteiger partial charge in [0.1, 0.15) is 11.9 Å². The van der Waals surface area contributed by atoms with Crippen LogP contribution in [0.5, 0.6) is 5.75 Å². The molecule has 0 saturated carbocycles. The molecule has 0 spiro atoms. The van der Waals surface area contributed by atoms with E-state index in [1.54, 1.807) is 0 Å². The fraction of sp³-hybridized carbons (Fsp3) is 0.333. The summed E-state index contributed by atoms with van der Waals surface area (Å²) in [5.41, 5.74) is 9.68. The second kappa shape index (κ2) is 6.50. The van der Waals surface area contributed by atoms with E-state index in [0.717, 1.165) is 17.7 Å². The molecule has 0 aromatic heterocycles. The summed E-state index contributed by atoms with van der Waals surface area (Å²) >= 11 is 6.24. The molecular weight excluding hydrogens is 282 g/mol. The molecule has 1 aliphatic carbocycles. The van der Waals surface area contributed by atoms with E-state index in [0.29, 0.717) is 11.6 Å². The van der Waals surface area contributed by atoms with E-state index in [1.807, 2.05) is 30.3 Å². The predicted octanol–water partition coefficient (Wildman–Crippen LogP) is 4.30. The monoisotopic (exact) mass is 301 g/mol. The number of hydrogen-bond acceptors (Lipinski definition) is 2. The first-order valence-corrected chi connectivity index (χ1v) is 7.88. The van der Waals surface area contributed by atoms with Gasteiger partial charge in [0.2, 0.25) is 0 Å². The highest BCUT2D eigenvalue weighted by atomic mass is 35.5. The molecule has 0 radical (unpaired) electrons. The van der Waals surface area contributed by atoms with Crippen molar-refractivity contribution in [1.29, 1.82) is 0 Å². The van der Waals surface area contributed by atoms with Crippen LogP contribution in [0.15, 0.2) is 42.5 Å². The Hall–Kier alpha value is -1.51. The molecule has 21 heavy (non-hydrogen) atoms. The van der Waals surface area contributed by atoms with E-state index in [9.17, 15) is 0 Å².